The van der Waals surface area contributed by atoms with Crippen molar-refractivity contribution in [2.75, 3.05) is 20.2 Å². The van der Waals surface area contributed by atoms with Gasteiger partial charge < -0.3 is 46.1 Å². The first-order chi connectivity index (χ1) is 31.7. The molecule has 1 saturated heterocycles. The van der Waals surface area contributed by atoms with Crippen LogP contribution in [0.2, 0.25) is 0 Å². The zero-order valence-electron chi connectivity index (χ0n) is 41.2. The predicted molar refractivity (Wildman–Crippen MR) is 256 cm³/mol. The maximum absolute atomic E-state index is 14.2. The molecular formula is C51H78N6O10. The maximum Gasteiger partial charge on any atom is 0.410 e. The van der Waals surface area contributed by atoms with E-state index in [1.54, 1.807) is 25.7 Å². The lowest BCUT2D eigenvalue weighted by atomic mass is 9.94. The van der Waals surface area contributed by atoms with Gasteiger partial charge in [0.1, 0.15) is 29.8 Å². The summed E-state index contributed by atoms with van der Waals surface area (Å²) in [6.45, 7) is 15.9. The number of methoxy groups -OCH3 is 1. The van der Waals surface area contributed by atoms with Crippen LogP contribution in [0.3, 0.4) is 0 Å². The highest BCUT2D eigenvalue weighted by atomic mass is 16.6. The Morgan fingerprint density at radius 1 is 0.716 bits per heavy atom. The lowest BCUT2D eigenvalue weighted by Crippen LogP contribution is -2.57. The lowest BCUT2D eigenvalue weighted by Gasteiger charge is -2.34. The van der Waals surface area contributed by atoms with Gasteiger partial charge in [-0.15, -0.1) is 0 Å². The fourth-order valence-electron chi connectivity index (χ4n) is 8.10. The summed E-state index contributed by atoms with van der Waals surface area (Å²) in [7, 11) is 1.24. The molecule has 2 aromatic rings. The van der Waals surface area contributed by atoms with Crippen LogP contribution in [0.15, 0.2) is 60.7 Å². The first-order valence-electron chi connectivity index (χ1n) is 24.0. The third-order valence-electron chi connectivity index (χ3n) is 11.4. The van der Waals surface area contributed by atoms with Gasteiger partial charge in [-0.05, 0) is 81.8 Å². The van der Waals surface area contributed by atoms with E-state index in [4.69, 9.17) is 9.47 Å². The zero-order chi connectivity index (χ0) is 49.7. The van der Waals surface area contributed by atoms with Crippen molar-refractivity contribution in [3.63, 3.8) is 0 Å². The first-order valence-corrected chi connectivity index (χ1v) is 24.0. The van der Waals surface area contributed by atoms with Gasteiger partial charge in [-0.2, -0.15) is 0 Å². The molecule has 1 unspecified atom stereocenters. The van der Waals surface area contributed by atoms with Gasteiger partial charge in [0.25, 0.3) is 0 Å². The van der Waals surface area contributed by atoms with Crippen molar-refractivity contribution in [3.05, 3.63) is 71.8 Å². The molecular weight excluding hydrogens is 857 g/mol. The number of ether oxygens (including phenoxy) is 2. The van der Waals surface area contributed by atoms with E-state index < -0.39 is 84.0 Å². The van der Waals surface area contributed by atoms with E-state index in [9.17, 15) is 38.7 Å². The number of benzene rings is 2. The van der Waals surface area contributed by atoms with Crippen LogP contribution in [0.5, 0.6) is 0 Å². The quantitative estimate of drug-likeness (QED) is 0.0720. The number of nitrogens with zero attached hydrogens (tertiary/aromatic N) is 1. The Bertz CT molecular complexity index is 1890. The molecule has 0 spiro atoms. The summed E-state index contributed by atoms with van der Waals surface area (Å²) < 4.78 is 10.5. The molecule has 1 fully saturated rings. The number of hydrogen-bond acceptors (Lipinski definition) is 10. The van der Waals surface area contributed by atoms with Crippen LogP contribution >= 0.6 is 0 Å². The molecule has 67 heavy (non-hydrogen) atoms. The van der Waals surface area contributed by atoms with Gasteiger partial charge in [0.2, 0.25) is 29.5 Å². The lowest BCUT2D eigenvalue weighted by molar-refractivity contribution is -0.145. The van der Waals surface area contributed by atoms with E-state index in [0.717, 1.165) is 24.0 Å². The van der Waals surface area contributed by atoms with Crippen LogP contribution in [0.1, 0.15) is 124 Å². The fraction of sp³-hybridized carbons (Fsp3) is 0.627. The number of likely N-dealkylation sites (tertiary alicyclic amines) is 1. The minimum atomic E-state index is -1.37. The van der Waals surface area contributed by atoms with E-state index in [-0.39, 0.29) is 55.8 Å². The monoisotopic (exact) mass is 935 g/mol. The number of nitrogens with one attached hydrogen (secondary N) is 5. The minimum Gasteiger partial charge on any atom is -0.467 e. The van der Waals surface area contributed by atoms with Gasteiger partial charge in [0.15, 0.2) is 0 Å². The Morgan fingerprint density at radius 3 is 1.81 bits per heavy atom. The van der Waals surface area contributed by atoms with Gasteiger partial charge >= 0.3 is 12.1 Å². The van der Waals surface area contributed by atoms with Crippen LogP contribution < -0.4 is 26.6 Å². The molecule has 7 atom stereocenters. The summed E-state index contributed by atoms with van der Waals surface area (Å²) in [6.07, 6.45) is 1.75. The minimum absolute atomic E-state index is 0.0168. The molecule has 1 aliphatic heterocycles. The van der Waals surface area contributed by atoms with Crippen molar-refractivity contribution in [1.29, 1.82) is 0 Å². The van der Waals surface area contributed by atoms with Crippen LogP contribution in [0, 0.1) is 17.8 Å². The number of hydrogen-bond donors (Lipinski definition) is 6. The summed E-state index contributed by atoms with van der Waals surface area (Å²) in [4.78, 5) is 96.3. The second kappa shape index (κ2) is 28.0. The van der Waals surface area contributed by atoms with E-state index in [0.29, 0.717) is 32.4 Å². The highest BCUT2D eigenvalue weighted by Crippen LogP contribution is 2.22. The molecule has 16 heteroatoms. The summed E-state index contributed by atoms with van der Waals surface area (Å²) in [6, 6.07) is 13.4. The van der Waals surface area contributed by atoms with Crippen molar-refractivity contribution < 1.29 is 48.1 Å². The second-order valence-corrected chi connectivity index (χ2v) is 19.7. The maximum atomic E-state index is 14.2. The molecule has 3 rings (SSSR count). The first kappa shape index (κ1) is 55.8. The Balaban J connectivity index is 1.74. The fourth-order valence-corrected chi connectivity index (χ4v) is 8.10. The number of unbranched alkanes of at least 4 members (excludes halogenated alkanes) is 1. The Labute approximate surface area is 397 Å². The van der Waals surface area contributed by atoms with E-state index in [2.05, 4.69) is 26.6 Å². The Hall–Kier alpha value is -5.51. The third kappa shape index (κ3) is 20.9. The SMILES string of the molecule is CCCC[C@H](NC(=O)[C@H](Cc1ccccc1)NC(=O)CC1CCCN(C(=O)OC(C)(C)C)C1)C(=O)N[C@@H](CC(C)C)[C@@H](O)CC(=O)N[C@@H](CC(C)C)C(=O)N[C@@H](Cc1ccccc1)C(=O)OC. The molecule has 0 bridgehead atoms. The number of amides is 6. The highest BCUT2D eigenvalue weighted by molar-refractivity contribution is 5.93. The van der Waals surface area contributed by atoms with Crippen molar-refractivity contribution >= 4 is 41.6 Å². The number of carbonyl (C=O) groups is 7. The zero-order valence-corrected chi connectivity index (χ0v) is 41.2. The number of rotatable bonds is 25. The summed E-state index contributed by atoms with van der Waals surface area (Å²) >= 11 is 0. The van der Waals surface area contributed by atoms with Gasteiger partial charge in [-0.3, -0.25) is 24.0 Å². The van der Waals surface area contributed by atoms with E-state index in [1.165, 1.54) is 7.11 Å². The van der Waals surface area contributed by atoms with Gasteiger partial charge in [0.05, 0.1) is 25.7 Å². The number of piperidine rings is 1. The molecule has 6 amide bonds. The molecule has 1 aliphatic rings. The third-order valence-corrected chi connectivity index (χ3v) is 11.4. The number of esters is 1. The molecule has 1 heterocycles. The Morgan fingerprint density at radius 2 is 1.25 bits per heavy atom. The molecule has 0 aliphatic carbocycles. The predicted octanol–water partition coefficient (Wildman–Crippen LogP) is 5.14. The molecule has 2 aromatic carbocycles. The number of carbonyl (C=O) groups excluding carboxylic acids is 7. The van der Waals surface area contributed by atoms with Crippen molar-refractivity contribution in [3.8, 4) is 0 Å². The molecule has 16 nitrogen and oxygen atoms in total. The standard InChI is InChI=1S/C51H78N6O10/c1-10-11-24-38(54-48(63)41(28-35-19-14-12-15-20-35)53-44(59)30-37-23-18-25-57(32-37)50(65)67-51(6,7)8)46(61)55-39(26-33(2)3)43(58)31-45(60)52-40(27-34(4)5)47(62)56-42(49(64)66-9)29-36-21-16-13-17-22-36/h12-17,19-22,33-34,37-43,58H,10-11,18,23-32H2,1-9H3,(H,52,60)(H,53,59)(H,54,63)(H,55,61)(H,56,62)/t37?,38-,39-,40-,41-,42-,43-/m0/s1. The van der Waals surface area contributed by atoms with Gasteiger partial charge in [0, 0.05) is 32.4 Å². The topological polar surface area (TPSA) is 222 Å². The van der Waals surface area contributed by atoms with Gasteiger partial charge in [-0.25, -0.2) is 9.59 Å². The van der Waals surface area contributed by atoms with Crippen molar-refractivity contribution in [1.82, 2.24) is 31.5 Å². The van der Waals surface area contributed by atoms with E-state index in [1.807, 2.05) is 95.3 Å². The average molecular weight is 935 g/mol. The molecule has 0 saturated carbocycles. The Kier molecular flexibility index (Phi) is 23.3. The summed E-state index contributed by atoms with van der Waals surface area (Å²) in [5.41, 5.74) is 0.950. The molecule has 6 N–H and O–H groups in total. The summed E-state index contributed by atoms with van der Waals surface area (Å²) in [5.74, 6) is -3.49. The second-order valence-electron chi connectivity index (χ2n) is 19.7. The molecule has 372 valence electrons. The highest BCUT2D eigenvalue weighted by Gasteiger charge is 2.34. The van der Waals surface area contributed by atoms with Gasteiger partial charge in [-0.1, -0.05) is 108 Å². The number of aliphatic hydroxyl groups excluding tert-OH is 1. The van der Waals surface area contributed by atoms with Crippen LogP contribution in [-0.2, 0) is 51.1 Å². The summed E-state index contributed by atoms with van der Waals surface area (Å²) in [5, 5.41) is 25.7. The van der Waals surface area contributed by atoms with Crippen LogP contribution in [-0.4, -0.2) is 114 Å². The smallest absolute Gasteiger partial charge is 0.410 e. The van der Waals surface area contributed by atoms with Crippen molar-refractivity contribution in [2.45, 2.75) is 168 Å². The number of aliphatic hydroxyl groups is 1. The van der Waals surface area contributed by atoms with Crippen molar-refractivity contribution in [2.24, 2.45) is 17.8 Å². The van der Waals surface area contributed by atoms with E-state index >= 15 is 0 Å². The molecule has 0 aromatic heterocycles. The average Bonchev–Trinajstić information content (AvgIpc) is 3.26. The van der Waals surface area contributed by atoms with Crippen LogP contribution in [0.25, 0.3) is 0 Å². The largest absolute Gasteiger partial charge is 0.467 e. The van der Waals surface area contributed by atoms with Crippen LogP contribution in [0.4, 0.5) is 4.79 Å². The molecule has 0 radical (unpaired) electrons. The normalized spacial score (nSPS) is 16.7.